The summed E-state index contributed by atoms with van der Waals surface area (Å²) in [7, 11) is 0. The lowest BCUT2D eigenvalue weighted by Gasteiger charge is -1.89. The van der Waals surface area contributed by atoms with Crippen LogP contribution in [0, 0.1) is 21.9 Å². The molecule has 1 rings (SSSR count). The van der Waals surface area contributed by atoms with Gasteiger partial charge in [-0.25, -0.2) is 0 Å². The third kappa shape index (κ3) is 1.22. The van der Waals surface area contributed by atoms with Crippen molar-refractivity contribution in [3.63, 3.8) is 0 Å². The lowest BCUT2D eigenvalue weighted by molar-refractivity contribution is -0.418. The standard InChI is InChI=1S/C6H5N2O2/c7-5-2-1-3-6(4-5)8(9)10/h1-4,7H/q+1. The van der Waals surface area contributed by atoms with E-state index >= 15 is 0 Å². The van der Waals surface area contributed by atoms with Gasteiger partial charge in [-0.2, -0.15) is 0 Å². The van der Waals surface area contributed by atoms with E-state index in [9.17, 15) is 10.1 Å². The average Bonchev–Trinajstić information content (AvgIpc) is 1.88. The zero-order chi connectivity index (χ0) is 7.56. The fourth-order valence-corrected chi connectivity index (χ4v) is 0.619. The molecule has 1 aliphatic carbocycles. The summed E-state index contributed by atoms with van der Waals surface area (Å²) in [5, 5.41) is 17.1. The van der Waals surface area contributed by atoms with Crippen LogP contribution in [0.25, 0.3) is 0 Å². The maximum atomic E-state index is 10.1. The predicted molar refractivity (Wildman–Crippen MR) is 36.2 cm³/mol. The van der Waals surface area contributed by atoms with Crippen LogP contribution in [-0.2, 0) is 0 Å². The number of rotatable bonds is 1. The van der Waals surface area contributed by atoms with E-state index in [2.05, 4.69) is 0 Å². The van der Waals surface area contributed by atoms with E-state index in [-0.39, 0.29) is 11.4 Å². The third-order valence-electron chi connectivity index (χ3n) is 1.06. The highest BCUT2D eigenvalue weighted by atomic mass is 16.6. The number of hydrogen-bond acceptors (Lipinski definition) is 3. The molecular formula is C6H5N2O2+. The van der Waals surface area contributed by atoms with Gasteiger partial charge in [0.15, 0.2) is 5.71 Å². The highest BCUT2D eigenvalue weighted by Gasteiger charge is 2.19. The van der Waals surface area contributed by atoms with E-state index in [1.807, 2.05) is 0 Å². The van der Waals surface area contributed by atoms with Crippen molar-refractivity contribution in [2.45, 2.75) is 0 Å². The SMILES string of the molecule is N=C1C=C([N+](=O)[O-])C=C[CH+]1. The molecule has 0 spiro atoms. The molecule has 0 unspecified atom stereocenters. The van der Waals surface area contributed by atoms with Gasteiger partial charge in [-0.15, -0.1) is 0 Å². The lowest BCUT2D eigenvalue weighted by Crippen LogP contribution is -2.03. The zero-order valence-corrected chi connectivity index (χ0v) is 5.07. The van der Waals surface area contributed by atoms with Crippen LogP contribution in [-0.4, -0.2) is 10.6 Å². The van der Waals surface area contributed by atoms with E-state index < -0.39 is 4.92 Å². The molecule has 0 saturated heterocycles. The summed E-state index contributed by atoms with van der Waals surface area (Å²) in [6, 6.07) is 0. The molecule has 1 aliphatic rings. The number of allylic oxidation sites excluding steroid dienone is 3. The molecule has 4 heteroatoms. The Morgan fingerprint density at radius 2 is 2.40 bits per heavy atom. The summed E-state index contributed by atoms with van der Waals surface area (Å²) in [5.74, 6) is 0. The van der Waals surface area contributed by atoms with Crippen molar-refractivity contribution in [2.24, 2.45) is 0 Å². The summed E-state index contributed by atoms with van der Waals surface area (Å²) < 4.78 is 0. The summed E-state index contributed by atoms with van der Waals surface area (Å²) in [4.78, 5) is 9.56. The van der Waals surface area contributed by atoms with Crippen molar-refractivity contribution < 1.29 is 4.92 Å². The molecule has 0 saturated carbocycles. The van der Waals surface area contributed by atoms with Crippen LogP contribution >= 0.6 is 0 Å². The molecule has 0 heterocycles. The van der Waals surface area contributed by atoms with Crippen LogP contribution in [0.1, 0.15) is 0 Å². The number of hydrogen-bond donors (Lipinski definition) is 1. The maximum Gasteiger partial charge on any atom is 0.374 e. The summed E-state index contributed by atoms with van der Waals surface area (Å²) >= 11 is 0. The molecular weight excluding hydrogens is 132 g/mol. The van der Waals surface area contributed by atoms with Gasteiger partial charge < -0.3 is 0 Å². The van der Waals surface area contributed by atoms with Gasteiger partial charge in [0.1, 0.15) is 12.2 Å². The largest absolute Gasteiger partial charge is 0.374 e. The first-order valence-corrected chi connectivity index (χ1v) is 2.66. The van der Waals surface area contributed by atoms with Crippen LogP contribution < -0.4 is 0 Å². The van der Waals surface area contributed by atoms with Crippen molar-refractivity contribution >= 4 is 5.71 Å². The van der Waals surface area contributed by atoms with E-state index in [4.69, 9.17) is 5.41 Å². The van der Waals surface area contributed by atoms with Crippen molar-refractivity contribution in [3.05, 3.63) is 40.5 Å². The molecule has 0 radical (unpaired) electrons. The van der Waals surface area contributed by atoms with Crippen molar-refractivity contribution in [3.8, 4) is 0 Å². The minimum atomic E-state index is -0.516. The molecule has 0 aromatic rings. The Morgan fingerprint density at radius 1 is 1.70 bits per heavy atom. The Hall–Kier alpha value is -1.58. The molecule has 0 bridgehead atoms. The predicted octanol–water partition coefficient (Wildman–Crippen LogP) is 0.941. The highest BCUT2D eigenvalue weighted by Crippen LogP contribution is 2.05. The Morgan fingerprint density at radius 3 is 2.80 bits per heavy atom. The van der Waals surface area contributed by atoms with Crippen molar-refractivity contribution in [2.75, 3.05) is 0 Å². The zero-order valence-electron chi connectivity index (χ0n) is 5.07. The summed E-state index contributed by atoms with van der Waals surface area (Å²) in [6.07, 6.45) is 5.55. The molecule has 0 fully saturated rings. The molecule has 10 heavy (non-hydrogen) atoms. The quantitative estimate of drug-likeness (QED) is 0.332. The van der Waals surface area contributed by atoms with Crippen LogP contribution in [0.4, 0.5) is 0 Å². The first kappa shape index (κ1) is 6.54. The second-order valence-electron chi connectivity index (χ2n) is 1.81. The lowest BCUT2D eigenvalue weighted by atomic mass is 10.1. The Balaban J connectivity index is 2.86. The topological polar surface area (TPSA) is 67.0 Å². The number of nitrogens with zero attached hydrogens (tertiary/aromatic N) is 1. The van der Waals surface area contributed by atoms with Crippen LogP contribution in [0.2, 0.25) is 0 Å². The number of nitrogens with one attached hydrogen (secondary N) is 1. The molecule has 50 valence electrons. The summed E-state index contributed by atoms with van der Waals surface area (Å²) in [5.41, 5.74) is 0.127. The smallest absolute Gasteiger partial charge is 0.275 e. The second kappa shape index (κ2) is 2.34. The number of nitro groups is 1. The third-order valence-corrected chi connectivity index (χ3v) is 1.06. The Kier molecular flexibility index (Phi) is 1.53. The molecule has 1 N–H and O–H groups in total. The molecule has 0 aliphatic heterocycles. The molecule has 0 atom stereocenters. The van der Waals surface area contributed by atoms with Gasteiger partial charge in [0.05, 0.1) is 17.4 Å². The molecule has 4 nitrogen and oxygen atoms in total. The van der Waals surface area contributed by atoms with Gasteiger partial charge in [0.25, 0.3) is 0 Å². The van der Waals surface area contributed by atoms with E-state index in [0.717, 1.165) is 0 Å². The van der Waals surface area contributed by atoms with Crippen molar-refractivity contribution in [1.82, 2.24) is 0 Å². The van der Waals surface area contributed by atoms with Gasteiger partial charge in [-0.1, -0.05) is 0 Å². The van der Waals surface area contributed by atoms with Gasteiger partial charge in [0.2, 0.25) is 0 Å². The van der Waals surface area contributed by atoms with Crippen molar-refractivity contribution in [1.29, 1.82) is 5.41 Å². The Bertz CT molecular complexity index is 238. The van der Waals surface area contributed by atoms with Crippen LogP contribution in [0.3, 0.4) is 0 Å². The summed E-state index contributed by atoms with van der Waals surface area (Å²) in [6.45, 7) is 0. The van der Waals surface area contributed by atoms with E-state index in [1.165, 1.54) is 24.6 Å². The minimum Gasteiger partial charge on any atom is -0.275 e. The van der Waals surface area contributed by atoms with E-state index in [0.29, 0.717) is 0 Å². The van der Waals surface area contributed by atoms with Gasteiger partial charge >= 0.3 is 5.70 Å². The molecule has 0 amide bonds. The first-order valence-electron chi connectivity index (χ1n) is 2.66. The van der Waals surface area contributed by atoms with Crippen LogP contribution in [0.15, 0.2) is 23.9 Å². The fourth-order valence-electron chi connectivity index (χ4n) is 0.619. The second-order valence-corrected chi connectivity index (χ2v) is 1.81. The van der Waals surface area contributed by atoms with Gasteiger partial charge in [-0.05, 0) is 0 Å². The molecule has 0 aromatic carbocycles. The fraction of sp³-hybridized carbons (Fsp3) is 0. The monoisotopic (exact) mass is 137 g/mol. The molecule has 0 aromatic heterocycles. The highest BCUT2D eigenvalue weighted by molar-refractivity contribution is 6.02. The normalized spacial score (nSPS) is 16.0. The minimum absolute atomic E-state index is 0.0347. The van der Waals surface area contributed by atoms with Crippen LogP contribution in [0.5, 0.6) is 0 Å². The average molecular weight is 137 g/mol. The Labute approximate surface area is 57.5 Å². The first-order chi connectivity index (χ1) is 4.70. The van der Waals surface area contributed by atoms with Gasteiger partial charge in [-0.3, -0.25) is 15.5 Å². The maximum absolute atomic E-state index is 10.1. The van der Waals surface area contributed by atoms with E-state index in [1.54, 1.807) is 0 Å². The van der Waals surface area contributed by atoms with Gasteiger partial charge in [0, 0.05) is 0 Å².